The maximum atomic E-state index is 13.6. The van der Waals surface area contributed by atoms with Crippen molar-refractivity contribution >= 4 is 11.6 Å². The number of nitrogens with zero attached hydrogens (tertiary/aromatic N) is 5. The Bertz CT molecular complexity index is 1120. The zero-order chi connectivity index (χ0) is 20.4. The molecule has 0 aliphatic heterocycles. The lowest BCUT2D eigenvalue weighted by molar-refractivity contribution is -0.143. The van der Waals surface area contributed by atoms with Crippen LogP contribution in [0.5, 0.6) is 0 Å². The Morgan fingerprint density at radius 2 is 1.86 bits per heavy atom. The molecule has 1 amide bonds. The fraction of sp³-hybridized carbons (Fsp3) is 0.0556. The van der Waals surface area contributed by atoms with Crippen LogP contribution in [0.4, 0.5) is 18.9 Å². The van der Waals surface area contributed by atoms with Gasteiger partial charge in [-0.25, -0.2) is 9.67 Å². The van der Waals surface area contributed by atoms with E-state index in [1.54, 1.807) is 18.2 Å². The van der Waals surface area contributed by atoms with Gasteiger partial charge in [0.2, 0.25) is 12.2 Å². The lowest BCUT2D eigenvalue weighted by Gasteiger charge is -2.12. The number of carbonyl (C=O) groups is 1. The van der Waals surface area contributed by atoms with Crippen LogP contribution in [-0.4, -0.2) is 30.8 Å². The molecule has 0 spiro atoms. The summed E-state index contributed by atoms with van der Waals surface area (Å²) >= 11 is 0. The molecule has 0 saturated carbocycles. The molecule has 0 atom stereocenters. The van der Waals surface area contributed by atoms with Gasteiger partial charge in [0.15, 0.2) is 11.5 Å². The highest BCUT2D eigenvalue weighted by molar-refractivity contribution is 6.05. The van der Waals surface area contributed by atoms with Gasteiger partial charge in [-0.2, -0.15) is 23.3 Å². The third-order valence-electron chi connectivity index (χ3n) is 3.91. The third-order valence-corrected chi connectivity index (χ3v) is 3.91. The van der Waals surface area contributed by atoms with E-state index >= 15 is 0 Å². The molecule has 0 radical (unpaired) electrons. The minimum atomic E-state index is -4.82. The molecule has 3 aromatic heterocycles. The fourth-order valence-electron chi connectivity index (χ4n) is 2.64. The van der Waals surface area contributed by atoms with Gasteiger partial charge in [-0.3, -0.25) is 4.79 Å². The average Bonchev–Trinajstić information content (AvgIpc) is 3.39. The first-order chi connectivity index (χ1) is 13.9. The molecule has 0 aliphatic carbocycles. The predicted molar refractivity (Wildman–Crippen MR) is 94.0 cm³/mol. The fourth-order valence-corrected chi connectivity index (χ4v) is 2.64. The van der Waals surface area contributed by atoms with Crippen LogP contribution in [-0.2, 0) is 6.18 Å². The van der Waals surface area contributed by atoms with E-state index in [2.05, 4.69) is 30.1 Å². The zero-order valence-electron chi connectivity index (χ0n) is 14.5. The minimum absolute atomic E-state index is 0.0525. The first-order valence-electron chi connectivity index (χ1n) is 8.18. The molecular formula is C18H11F3N6O2. The second-order valence-corrected chi connectivity index (χ2v) is 5.79. The molecule has 1 aromatic carbocycles. The number of amides is 1. The summed E-state index contributed by atoms with van der Waals surface area (Å²) in [6.07, 6.45) is -1.45. The highest BCUT2D eigenvalue weighted by Crippen LogP contribution is 2.33. The van der Waals surface area contributed by atoms with Crippen LogP contribution in [0, 0.1) is 0 Å². The first kappa shape index (κ1) is 18.3. The van der Waals surface area contributed by atoms with Gasteiger partial charge >= 0.3 is 6.18 Å². The number of pyridine rings is 1. The number of carbonyl (C=O) groups excluding carboxylic acids is 1. The van der Waals surface area contributed by atoms with Crippen molar-refractivity contribution in [1.82, 2.24) is 24.9 Å². The van der Waals surface area contributed by atoms with E-state index in [0.717, 1.165) is 6.20 Å². The van der Waals surface area contributed by atoms with Crippen molar-refractivity contribution in [3.63, 3.8) is 0 Å². The number of benzene rings is 1. The molecule has 11 heteroatoms. The Hall–Kier alpha value is -4.02. The molecular weight excluding hydrogens is 389 g/mol. The SMILES string of the molecule is O=C(Nc1ccc(-c2ncon2)cc1)c1cnn(-c2ccccn2)c1C(F)(F)F. The number of aromatic nitrogens is 5. The van der Waals surface area contributed by atoms with Gasteiger partial charge in [-0.15, -0.1) is 0 Å². The van der Waals surface area contributed by atoms with E-state index in [4.69, 9.17) is 0 Å². The summed E-state index contributed by atoms with van der Waals surface area (Å²) in [5.41, 5.74) is -0.917. The van der Waals surface area contributed by atoms with E-state index in [1.165, 1.54) is 36.9 Å². The quantitative estimate of drug-likeness (QED) is 0.562. The Morgan fingerprint density at radius 3 is 2.48 bits per heavy atom. The van der Waals surface area contributed by atoms with Gasteiger partial charge in [-0.1, -0.05) is 11.2 Å². The molecule has 0 fully saturated rings. The Balaban J connectivity index is 1.63. The lowest BCUT2D eigenvalue weighted by atomic mass is 10.1. The van der Waals surface area contributed by atoms with Crippen LogP contribution < -0.4 is 5.32 Å². The molecule has 8 nitrogen and oxygen atoms in total. The van der Waals surface area contributed by atoms with Crippen molar-refractivity contribution in [2.24, 2.45) is 0 Å². The van der Waals surface area contributed by atoms with Crippen LogP contribution in [0.1, 0.15) is 16.1 Å². The van der Waals surface area contributed by atoms with Gasteiger partial charge < -0.3 is 9.84 Å². The Labute approximate surface area is 161 Å². The molecule has 4 rings (SSSR count). The van der Waals surface area contributed by atoms with Crippen molar-refractivity contribution in [3.05, 3.63) is 72.5 Å². The standard InChI is InChI=1S/C18H11F3N6O2/c19-18(20,21)15-13(9-24-27(15)14-3-1-2-8-22-14)17(28)25-12-6-4-11(5-7-12)16-23-10-29-26-16/h1-10H,(H,25,28). The number of alkyl halides is 3. The van der Waals surface area contributed by atoms with Crippen LogP contribution >= 0.6 is 0 Å². The summed E-state index contributed by atoms with van der Waals surface area (Å²) < 4.78 is 46.2. The monoisotopic (exact) mass is 400 g/mol. The number of hydrogen-bond donors (Lipinski definition) is 1. The van der Waals surface area contributed by atoms with Gasteiger partial charge in [0.25, 0.3) is 5.91 Å². The average molecular weight is 400 g/mol. The third kappa shape index (κ3) is 3.70. The van der Waals surface area contributed by atoms with E-state index in [-0.39, 0.29) is 5.82 Å². The summed E-state index contributed by atoms with van der Waals surface area (Å²) in [7, 11) is 0. The molecule has 0 unspecified atom stereocenters. The second-order valence-electron chi connectivity index (χ2n) is 5.79. The van der Waals surface area contributed by atoms with Gasteiger partial charge in [0, 0.05) is 17.4 Å². The molecule has 29 heavy (non-hydrogen) atoms. The number of nitrogens with one attached hydrogen (secondary N) is 1. The minimum Gasteiger partial charge on any atom is -0.342 e. The van der Waals surface area contributed by atoms with Crippen LogP contribution in [0.25, 0.3) is 17.2 Å². The normalized spacial score (nSPS) is 11.4. The van der Waals surface area contributed by atoms with E-state index in [0.29, 0.717) is 21.8 Å². The summed E-state index contributed by atoms with van der Waals surface area (Å²) in [5.74, 6) is -0.658. The lowest BCUT2D eigenvalue weighted by Crippen LogP contribution is -2.21. The zero-order valence-corrected chi connectivity index (χ0v) is 14.5. The number of rotatable bonds is 4. The molecule has 3 heterocycles. The topological polar surface area (TPSA) is 98.7 Å². The predicted octanol–water partition coefficient (Wildman–Crippen LogP) is 3.59. The van der Waals surface area contributed by atoms with E-state index < -0.39 is 23.3 Å². The van der Waals surface area contributed by atoms with Crippen molar-refractivity contribution in [1.29, 1.82) is 0 Å². The van der Waals surface area contributed by atoms with Crippen LogP contribution in [0.2, 0.25) is 0 Å². The maximum Gasteiger partial charge on any atom is 0.434 e. The molecule has 4 aromatic rings. The Kier molecular flexibility index (Phi) is 4.55. The van der Waals surface area contributed by atoms with Gasteiger partial charge in [0.05, 0.1) is 11.8 Å². The highest BCUT2D eigenvalue weighted by Gasteiger charge is 2.40. The number of hydrogen-bond acceptors (Lipinski definition) is 6. The van der Waals surface area contributed by atoms with Crippen LogP contribution in [0.15, 0.2) is 65.8 Å². The highest BCUT2D eigenvalue weighted by atomic mass is 19.4. The first-order valence-corrected chi connectivity index (χ1v) is 8.18. The largest absolute Gasteiger partial charge is 0.434 e. The summed E-state index contributed by atoms with van der Waals surface area (Å²) in [5, 5.41) is 9.82. The smallest absolute Gasteiger partial charge is 0.342 e. The van der Waals surface area contributed by atoms with Crippen molar-refractivity contribution in [2.75, 3.05) is 5.32 Å². The maximum absolute atomic E-state index is 13.6. The van der Waals surface area contributed by atoms with E-state index in [9.17, 15) is 18.0 Å². The number of anilines is 1. The second kappa shape index (κ2) is 7.19. The summed E-state index contributed by atoms with van der Waals surface area (Å²) in [4.78, 5) is 20.3. The van der Waals surface area contributed by atoms with E-state index in [1.807, 2.05) is 0 Å². The molecule has 0 bridgehead atoms. The van der Waals surface area contributed by atoms with Gasteiger partial charge in [0.1, 0.15) is 0 Å². The Morgan fingerprint density at radius 1 is 1.07 bits per heavy atom. The molecule has 0 aliphatic rings. The number of halogens is 3. The van der Waals surface area contributed by atoms with Gasteiger partial charge in [-0.05, 0) is 36.4 Å². The van der Waals surface area contributed by atoms with Crippen molar-refractivity contribution < 1.29 is 22.5 Å². The molecule has 146 valence electrons. The van der Waals surface area contributed by atoms with Crippen molar-refractivity contribution in [3.8, 4) is 17.2 Å². The summed E-state index contributed by atoms with van der Waals surface area (Å²) in [6.45, 7) is 0. The van der Waals surface area contributed by atoms with Crippen molar-refractivity contribution in [2.45, 2.75) is 6.18 Å². The molecule has 1 N–H and O–H groups in total. The molecule has 0 saturated heterocycles. The van der Waals surface area contributed by atoms with Crippen LogP contribution in [0.3, 0.4) is 0 Å². The summed E-state index contributed by atoms with van der Waals surface area (Å²) in [6, 6.07) is 10.7.